The summed E-state index contributed by atoms with van der Waals surface area (Å²) in [4.78, 5) is 4.86. The van der Waals surface area contributed by atoms with Crippen LogP contribution in [0.15, 0.2) is 0 Å². The Morgan fingerprint density at radius 2 is 2.12 bits per heavy atom. The van der Waals surface area contributed by atoms with Crippen molar-refractivity contribution in [3.8, 4) is 0 Å². The fourth-order valence-electron chi connectivity index (χ4n) is 2.49. The summed E-state index contributed by atoms with van der Waals surface area (Å²) in [6.07, 6.45) is 3.53. The molecule has 0 radical (unpaired) electrons. The molecule has 16 heavy (non-hydrogen) atoms. The molecule has 1 aromatic heterocycles. The highest BCUT2D eigenvalue weighted by atomic mass is 15.1. The number of nitrogens with one attached hydrogen (secondary N) is 1. The predicted octanol–water partition coefficient (Wildman–Crippen LogP) is 1.89. The van der Waals surface area contributed by atoms with Gasteiger partial charge in [0.25, 0.3) is 0 Å². The molecule has 0 amide bonds. The Morgan fingerprint density at radius 1 is 1.38 bits per heavy atom. The molecule has 0 spiro atoms. The standard InChI is InChI=1S/C13H23N3/c1-13(2,3)12-10-6-5-9-16(10)11(15-12)7-8-14-4/h14H,5-9H2,1-4H3. The van der Waals surface area contributed by atoms with Crippen LogP contribution in [0.2, 0.25) is 0 Å². The summed E-state index contributed by atoms with van der Waals surface area (Å²) < 4.78 is 2.44. The van der Waals surface area contributed by atoms with Gasteiger partial charge in [-0.2, -0.15) is 0 Å². The van der Waals surface area contributed by atoms with Crippen molar-refractivity contribution < 1.29 is 0 Å². The summed E-state index contributed by atoms with van der Waals surface area (Å²) in [5.41, 5.74) is 2.98. The summed E-state index contributed by atoms with van der Waals surface area (Å²) >= 11 is 0. The number of hydrogen-bond acceptors (Lipinski definition) is 2. The average molecular weight is 221 g/mol. The van der Waals surface area contributed by atoms with E-state index >= 15 is 0 Å². The van der Waals surface area contributed by atoms with Gasteiger partial charge in [-0.05, 0) is 19.9 Å². The maximum atomic E-state index is 4.86. The Bertz CT molecular complexity index is 371. The fraction of sp³-hybridized carbons (Fsp3) is 0.769. The van der Waals surface area contributed by atoms with E-state index in [-0.39, 0.29) is 5.41 Å². The van der Waals surface area contributed by atoms with Gasteiger partial charge in [-0.15, -0.1) is 0 Å². The van der Waals surface area contributed by atoms with E-state index in [9.17, 15) is 0 Å². The topological polar surface area (TPSA) is 29.9 Å². The summed E-state index contributed by atoms with van der Waals surface area (Å²) in [5, 5.41) is 3.20. The van der Waals surface area contributed by atoms with Crippen LogP contribution in [0, 0.1) is 0 Å². The van der Waals surface area contributed by atoms with Crippen LogP contribution >= 0.6 is 0 Å². The molecule has 1 aliphatic heterocycles. The first-order chi connectivity index (χ1) is 7.54. The van der Waals surface area contributed by atoms with Crippen LogP contribution in [-0.2, 0) is 24.8 Å². The molecule has 2 heterocycles. The zero-order chi connectivity index (χ0) is 11.8. The number of aromatic nitrogens is 2. The normalized spacial score (nSPS) is 15.5. The second-order valence-electron chi connectivity index (χ2n) is 5.68. The first-order valence-corrected chi connectivity index (χ1v) is 6.27. The minimum atomic E-state index is 0.180. The van der Waals surface area contributed by atoms with Gasteiger partial charge in [-0.1, -0.05) is 20.8 Å². The average Bonchev–Trinajstić information content (AvgIpc) is 2.73. The summed E-state index contributed by atoms with van der Waals surface area (Å²) in [6, 6.07) is 0. The lowest BCUT2D eigenvalue weighted by Gasteiger charge is -2.16. The minimum absolute atomic E-state index is 0.180. The molecule has 0 saturated heterocycles. The van der Waals surface area contributed by atoms with Gasteiger partial charge in [0.1, 0.15) is 5.82 Å². The van der Waals surface area contributed by atoms with Gasteiger partial charge in [0.2, 0.25) is 0 Å². The smallest absolute Gasteiger partial charge is 0.110 e. The molecule has 0 saturated carbocycles. The third-order valence-corrected chi connectivity index (χ3v) is 3.26. The number of imidazole rings is 1. The highest BCUT2D eigenvalue weighted by molar-refractivity contribution is 5.26. The first kappa shape index (κ1) is 11.6. The molecule has 0 aliphatic carbocycles. The van der Waals surface area contributed by atoms with Gasteiger partial charge < -0.3 is 9.88 Å². The van der Waals surface area contributed by atoms with E-state index in [0.717, 1.165) is 19.5 Å². The highest BCUT2D eigenvalue weighted by Crippen LogP contribution is 2.30. The van der Waals surface area contributed by atoms with E-state index in [1.165, 1.54) is 30.1 Å². The van der Waals surface area contributed by atoms with Crippen molar-refractivity contribution in [3.05, 3.63) is 17.2 Å². The van der Waals surface area contributed by atoms with Crippen LogP contribution in [0.1, 0.15) is 44.4 Å². The second kappa shape index (κ2) is 4.21. The van der Waals surface area contributed by atoms with E-state index in [2.05, 4.69) is 30.7 Å². The van der Waals surface area contributed by atoms with E-state index < -0.39 is 0 Å². The number of rotatable bonds is 3. The Kier molecular flexibility index (Phi) is 3.06. The third kappa shape index (κ3) is 2.01. The monoisotopic (exact) mass is 221 g/mol. The van der Waals surface area contributed by atoms with Crippen LogP contribution in [0.4, 0.5) is 0 Å². The third-order valence-electron chi connectivity index (χ3n) is 3.26. The van der Waals surface area contributed by atoms with Crippen molar-refractivity contribution in [2.45, 2.75) is 52.0 Å². The van der Waals surface area contributed by atoms with Gasteiger partial charge in [0.15, 0.2) is 0 Å². The Labute approximate surface area is 98.3 Å². The second-order valence-corrected chi connectivity index (χ2v) is 5.68. The van der Waals surface area contributed by atoms with Gasteiger partial charge in [-0.25, -0.2) is 4.98 Å². The molecule has 3 heteroatoms. The van der Waals surface area contributed by atoms with Crippen molar-refractivity contribution in [2.24, 2.45) is 0 Å². The SMILES string of the molecule is CNCCc1nc(C(C)(C)C)c2n1CCC2. The summed E-state index contributed by atoms with van der Waals surface area (Å²) in [5.74, 6) is 1.27. The minimum Gasteiger partial charge on any atom is -0.332 e. The number of fused-ring (bicyclic) bond motifs is 1. The number of nitrogens with zero attached hydrogens (tertiary/aromatic N) is 2. The van der Waals surface area contributed by atoms with Crippen molar-refractivity contribution in [1.29, 1.82) is 0 Å². The molecule has 90 valence electrons. The van der Waals surface area contributed by atoms with Crippen LogP contribution in [0.5, 0.6) is 0 Å². The van der Waals surface area contributed by atoms with Gasteiger partial charge in [0.05, 0.1) is 5.69 Å². The molecule has 0 bridgehead atoms. The van der Waals surface area contributed by atoms with E-state index in [1.54, 1.807) is 0 Å². The zero-order valence-electron chi connectivity index (χ0n) is 10.9. The lowest BCUT2D eigenvalue weighted by molar-refractivity contribution is 0.563. The largest absolute Gasteiger partial charge is 0.332 e. The van der Waals surface area contributed by atoms with Crippen molar-refractivity contribution in [2.75, 3.05) is 13.6 Å². The molecule has 1 aliphatic rings. The molecule has 0 unspecified atom stereocenters. The van der Waals surface area contributed by atoms with Crippen LogP contribution in [-0.4, -0.2) is 23.1 Å². The molecule has 1 aromatic rings. The van der Waals surface area contributed by atoms with Gasteiger partial charge >= 0.3 is 0 Å². The maximum Gasteiger partial charge on any atom is 0.110 e. The van der Waals surface area contributed by atoms with Crippen molar-refractivity contribution in [1.82, 2.24) is 14.9 Å². The quantitative estimate of drug-likeness (QED) is 0.844. The molecular formula is C13H23N3. The van der Waals surface area contributed by atoms with E-state index in [4.69, 9.17) is 4.98 Å². The molecule has 0 aromatic carbocycles. The van der Waals surface area contributed by atoms with Crippen molar-refractivity contribution in [3.63, 3.8) is 0 Å². The Hall–Kier alpha value is -0.830. The van der Waals surface area contributed by atoms with E-state index in [1.807, 2.05) is 7.05 Å². The molecule has 0 fully saturated rings. The summed E-state index contributed by atoms with van der Waals surface area (Å²) in [6.45, 7) is 8.96. The molecule has 2 rings (SSSR count). The molecule has 1 N–H and O–H groups in total. The van der Waals surface area contributed by atoms with Crippen LogP contribution in [0.25, 0.3) is 0 Å². The van der Waals surface area contributed by atoms with Crippen LogP contribution < -0.4 is 5.32 Å². The van der Waals surface area contributed by atoms with Gasteiger partial charge in [0, 0.05) is 30.6 Å². The van der Waals surface area contributed by atoms with Crippen molar-refractivity contribution >= 4 is 0 Å². The molecule has 3 nitrogen and oxygen atoms in total. The highest BCUT2D eigenvalue weighted by Gasteiger charge is 2.27. The Morgan fingerprint density at radius 3 is 2.75 bits per heavy atom. The summed E-state index contributed by atoms with van der Waals surface area (Å²) in [7, 11) is 2.00. The maximum absolute atomic E-state index is 4.86. The number of likely N-dealkylation sites (N-methyl/N-ethyl adjacent to an activating group) is 1. The predicted molar refractivity (Wildman–Crippen MR) is 66.9 cm³/mol. The Balaban J connectivity index is 2.34. The lowest BCUT2D eigenvalue weighted by Crippen LogP contribution is -2.15. The zero-order valence-corrected chi connectivity index (χ0v) is 10.9. The first-order valence-electron chi connectivity index (χ1n) is 6.27. The molecule has 0 atom stereocenters. The van der Waals surface area contributed by atoms with Crippen LogP contribution in [0.3, 0.4) is 0 Å². The lowest BCUT2D eigenvalue weighted by atomic mass is 9.90. The molecular weight excluding hydrogens is 198 g/mol. The number of hydrogen-bond donors (Lipinski definition) is 1. The fourth-order valence-corrected chi connectivity index (χ4v) is 2.49. The van der Waals surface area contributed by atoms with E-state index in [0.29, 0.717) is 0 Å². The van der Waals surface area contributed by atoms with Gasteiger partial charge in [-0.3, -0.25) is 0 Å².